The van der Waals surface area contributed by atoms with Crippen molar-refractivity contribution in [2.75, 3.05) is 0 Å². The van der Waals surface area contributed by atoms with E-state index in [1.807, 2.05) is 0 Å². The van der Waals surface area contributed by atoms with Crippen LogP contribution in [-0.4, -0.2) is 15.3 Å². The van der Waals surface area contributed by atoms with Crippen molar-refractivity contribution in [2.45, 2.75) is 6.61 Å². The van der Waals surface area contributed by atoms with Gasteiger partial charge in [0, 0.05) is 11.6 Å². The van der Waals surface area contributed by atoms with Crippen LogP contribution in [0.1, 0.15) is 5.56 Å². The number of hydrogen-bond donors (Lipinski definition) is 2. The number of H-pyrrole nitrogens is 1. The molecule has 4 heteroatoms. The number of hydrogen-bond acceptors (Lipinski definition) is 3. The Kier molecular flexibility index (Phi) is 1.60. The van der Waals surface area contributed by atoms with Gasteiger partial charge in [0.1, 0.15) is 0 Å². The Balaban J connectivity index is 3.08. The quantitative estimate of drug-likeness (QED) is 0.521. The van der Waals surface area contributed by atoms with Gasteiger partial charge in [-0.2, -0.15) is 5.10 Å². The molecule has 0 radical (unpaired) electrons. The first kappa shape index (κ1) is 5.97. The Morgan fingerprint density at radius 3 is 3.00 bits per heavy atom. The highest BCUT2D eigenvalue weighted by Gasteiger charge is 1.88. The van der Waals surface area contributed by atoms with Crippen molar-refractivity contribution < 1.29 is 5.11 Å². The topological polar surface area (TPSA) is 66.0 Å². The first-order valence-electron chi connectivity index (χ1n) is 2.47. The number of nitrogens with zero attached hydrogens (tertiary/aromatic N) is 1. The van der Waals surface area contributed by atoms with Gasteiger partial charge in [-0.3, -0.25) is 4.79 Å². The maximum absolute atomic E-state index is 10.4. The highest BCUT2D eigenvalue weighted by atomic mass is 16.3. The standard InChI is InChI=1S/C5H6N2O2/c8-3-4-1-5(9)7-6-2-4/h1-2,8H,3H2,(H,7,9). The Labute approximate surface area is 51.2 Å². The van der Waals surface area contributed by atoms with Crippen molar-refractivity contribution in [1.29, 1.82) is 0 Å². The summed E-state index contributed by atoms with van der Waals surface area (Å²) < 4.78 is 0. The van der Waals surface area contributed by atoms with Crippen molar-refractivity contribution in [3.63, 3.8) is 0 Å². The number of aliphatic hydroxyl groups excluding tert-OH is 1. The predicted molar refractivity (Wildman–Crippen MR) is 30.8 cm³/mol. The predicted octanol–water partition coefficient (Wildman–Crippen LogP) is -0.738. The lowest BCUT2D eigenvalue weighted by Gasteiger charge is -1.88. The Morgan fingerprint density at radius 2 is 2.56 bits per heavy atom. The molecule has 0 fully saturated rings. The lowest BCUT2D eigenvalue weighted by molar-refractivity contribution is 0.281. The van der Waals surface area contributed by atoms with Gasteiger partial charge in [-0.05, 0) is 0 Å². The fraction of sp³-hybridized carbons (Fsp3) is 0.200. The van der Waals surface area contributed by atoms with E-state index in [1.165, 1.54) is 12.3 Å². The van der Waals surface area contributed by atoms with Gasteiger partial charge in [0.15, 0.2) is 0 Å². The Bertz CT molecular complexity index is 243. The van der Waals surface area contributed by atoms with Crippen molar-refractivity contribution in [3.8, 4) is 0 Å². The molecule has 4 nitrogen and oxygen atoms in total. The molecule has 0 aromatic carbocycles. The normalized spacial score (nSPS) is 9.44. The minimum absolute atomic E-state index is 0.142. The monoisotopic (exact) mass is 126 g/mol. The lowest BCUT2D eigenvalue weighted by Crippen LogP contribution is -2.06. The van der Waals surface area contributed by atoms with Crippen LogP contribution in [0, 0.1) is 0 Å². The average Bonchev–Trinajstić information content (AvgIpc) is 1.88. The van der Waals surface area contributed by atoms with Crippen molar-refractivity contribution in [3.05, 3.63) is 28.2 Å². The second kappa shape index (κ2) is 2.41. The first-order valence-corrected chi connectivity index (χ1v) is 2.47. The molecule has 0 spiro atoms. The summed E-state index contributed by atoms with van der Waals surface area (Å²) in [6.45, 7) is -0.142. The number of aromatic nitrogens is 2. The molecule has 0 atom stereocenters. The van der Waals surface area contributed by atoms with Crippen LogP contribution in [0.5, 0.6) is 0 Å². The summed E-state index contributed by atoms with van der Waals surface area (Å²) in [5, 5.41) is 14.1. The van der Waals surface area contributed by atoms with E-state index < -0.39 is 0 Å². The molecule has 1 aromatic rings. The molecule has 0 unspecified atom stereocenters. The molecule has 0 aliphatic rings. The fourth-order valence-corrected chi connectivity index (χ4v) is 0.503. The smallest absolute Gasteiger partial charge is 0.264 e. The van der Waals surface area contributed by atoms with Crippen LogP contribution in [0.25, 0.3) is 0 Å². The van der Waals surface area contributed by atoms with Gasteiger partial charge >= 0.3 is 0 Å². The summed E-state index contributed by atoms with van der Waals surface area (Å²) in [6, 6.07) is 1.30. The molecule has 0 saturated carbocycles. The van der Waals surface area contributed by atoms with Gasteiger partial charge < -0.3 is 5.11 Å². The maximum Gasteiger partial charge on any atom is 0.264 e. The van der Waals surface area contributed by atoms with E-state index in [-0.39, 0.29) is 12.2 Å². The molecule has 1 aromatic heterocycles. The highest BCUT2D eigenvalue weighted by Crippen LogP contribution is 1.86. The number of nitrogens with one attached hydrogen (secondary N) is 1. The zero-order chi connectivity index (χ0) is 6.69. The van der Waals surface area contributed by atoms with Gasteiger partial charge in [-0.15, -0.1) is 0 Å². The van der Waals surface area contributed by atoms with E-state index in [1.54, 1.807) is 0 Å². The zero-order valence-electron chi connectivity index (χ0n) is 4.66. The van der Waals surface area contributed by atoms with Crippen LogP contribution in [0.15, 0.2) is 17.1 Å². The molecule has 1 heterocycles. The van der Waals surface area contributed by atoms with Crippen molar-refractivity contribution in [2.24, 2.45) is 0 Å². The summed E-state index contributed by atoms with van der Waals surface area (Å²) in [5.41, 5.74) is 0.236. The SMILES string of the molecule is O=c1cc(CO)cn[nH]1. The molecule has 0 aliphatic carbocycles. The Hall–Kier alpha value is -1.16. The summed E-state index contributed by atoms with van der Waals surface area (Å²) in [5.74, 6) is 0. The second-order valence-corrected chi connectivity index (χ2v) is 1.61. The minimum Gasteiger partial charge on any atom is -0.392 e. The third kappa shape index (κ3) is 1.36. The summed E-state index contributed by atoms with van der Waals surface area (Å²) in [4.78, 5) is 10.4. The van der Waals surface area contributed by atoms with Gasteiger partial charge in [0.05, 0.1) is 12.8 Å². The molecule has 9 heavy (non-hydrogen) atoms. The van der Waals surface area contributed by atoms with Gasteiger partial charge in [0.25, 0.3) is 5.56 Å². The van der Waals surface area contributed by atoms with Crippen LogP contribution in [0.2, 0.25) is 0 Å². The van der Waals surface area contributed by atoms with Crippen LogP contribution in [-0.2, 0) is 6.61 Å². The first-order chi connectivity index (χ1) is 4.33. The van der Waals surface area contributed by atoms with E-state index in [4.69, 9.17) is 5.11 Å². The molecule has 0 bridgehead atoms. The molecule has 48 valence electrons. The number of aromatic amines is 1. The third-order valence-electron chi connectivity index (χ3n) is 0.904. The third-order valence-corrected chi connectivity index (χ3v) is 0.904. The lowest BCUT2D eigenvalue weighted by atomic mass is 10.3. The minimum atomic E-state index is -0.290. The maximum atomic E-state index is 10.4. The van der Waals surface area contributed by atoms with E-state index in [9.17, 15) is 4.79 Å². The Morgan fingerprint density at radius 1 is 1.78 bits per heavy atom. The molecule has 0 saturated heterocycles. The average molecular weight is 126 g/mol. The van der Waals surface area contributed by atoms with E-state index in [0.717, 1.165) is 0 Å². The molecule has 2 N–H and O–H groups in total. The molecular weight excluding hydrogens is 120 g/mol. The van der Waals surface area contributed by atoms with Crippen molar-refractivity contribution >= 4 is 0 Å². The summed E-state index contributed by atoms with van der Waals surface area (Å²) in [7, 11) is 0. The molecule has 0 amide bonds. The highest BCUT2D eigenvalue weighted by molar-refractivity contribution is 5.02. The van der Waals surface area contributed by atoms with Gasteiger partial charge in [0.2, 0.25) is 0 Å². The molecule has 0 aliphatic heterocycles. The molecular formula is C5H6N2O2. The number of aliphatic hydroxyl groups is 1. The number of rotatable bonds is 1. The molecule has 1 rings (SSSR count). The van der Waals surface area contributed by atoms with Crippen LogP contribution in [0.4, 0.5) is 0 Å². The summed E-state index contributed by atoms with van der Waals surface area (Å²) >= 11 is 0. The summed E-state index contributed by atoms with van der Waals surface area (Å²) in [6.07, 6.45) is 1.40. The van der Waals surface area contributed by atoms with E-state index in [0.29, 0.717) is 5.56 Å². The fourth-order valence-electron chi connectivity index (χ4n) is 0.503. The van der Waals surface area contributed by atoms with E-state index >= 15 is 0 Å². The largest absolute Gasteiger partial charge is 0.392 e. The second-order valence-electron chi connectivity index (χ2n) is 1.61. The van der Waals surface area contributed by atoms with Crippen LogP contribution in [0.3, 0.4) is 0 Å². The van der Waals surface area contributed by atoms with Crippen molar-refractivity contribution in [1.82, 2.24) is 10.2 Å². The van der Waals surface area contributed by atoms with E-state index in [2.05, 4.69) is 10.2 Å². The zero-order valence-corrected chi connectivity index (χ0v) is 4.66. The van der Waals surface area contributed by atoms with Crippen LogP contribution < -0.4 is 5.56 Å². The van der Waals surface area contributed by atoms with Gasteiger partial charge in [-0.25, -0.2) is 5.10 Å². The van der Waals surface area contributed by atoms with Gasteiger partial charge in [-0.1, -0.05) is 0 Å². The van der Waals surface area contributed by atoms with Crippen LogP contribution >= 0.6 is 0 Å².